The SMILES string of the molecule is CCCCc1ccc(C2=N/C(=C\c3cccc(F)c3)C(=O)O2)cc1. The highest BCUT2D eigenvalue weighted by Crippen LogP contribution is 2.20. The van der Waals surface area contributed by atoms with Crippen LogP contribution in [-0.4, -0.2) is 11.9 Å². The van der Waals surface area contributed by atoms with Gasteiger partial charge in [-0.1, -0.05) is 37.6 Å². The predicted octanol–water partition coefficient (Wildman–Crippen LogP) is 4.51. The molecule has 3 rings (SSSR count). The summed E-state index contributed by atoms with van der Waals surface area (Å²) in [5.74, 6) is -0.600. The minimum absolute atomic E-state index is 0.172. The van der Waals surface area contributed by atoms with E-state index in [2.05, 4.69) is 11.9 Å². The van der Waals surface area contributed by atoms with Crippen molar-refractivity contribution < 1.29 is 13.9 Å². The fraction of sp³-hybridized carbons (Fsp3) is 0.200. The number of aliphatic imine (C=N–C) groups is 1. The van der Waals surface area contributed by atoms with Gasteiger partial charge in [0.2, 0.25) is 5.90 Å². The van der Waals surface area contributed by atoms with E-state index in [1.165, 1.54) is 23.8 Å². The predicted molar refractivity (Wildman–Crippen MR) is 92.1 cm³/mol. The van der Waals surface area contributed by atoms with Gasteiger partial charge in [-0.2, -0.15) is 0 Å². The highest BCUT2D eigenvalue weighted by atomic mass is 19.1. The number of nitrogens with zero attached hydrogens (tertiary/aromatic N) is 1. The lowest BCUT2D eigenvalue weighted by molar-refractivity contribution is -0.129. The van der Waals surface area contributed by atoms with Gasteiger partial charge in [-0.05, 0) is 54.3 Å². The van der Waals surface area contributed by atoms with Crippen molar-refractivity contribution in [1.82, 2.24) is 0 Å². The molecule has 0 spiro atoms. The number of unbranched alkanes of at least 4 members (excludes halogenated alkanes) is 1. The number of aryl methyl sites for hydroxylation is 1. The minimum Gasteiger partial charge on any atom is -0.402 e. The first kappa shape index (κ1) is 16.1. The zero-order valence-electron chi connectivity index (χ0n) is 13.5. The molecule has 2 aromatic rings. The van der Waals surface area contributed by atoms with Gasteiger partial charge in [-0.15, -0.1) is 0 Å². The Morgan fingerprint density at radius 2 is 1.96 bits per heavy atom. The first-order valence-electron chi connectivity index (χ1n) is 8.03. The molecule has 0 aliphatic carbocycles. The number of esters is 1. The molecule has 1 heterocycles. The van der Waals surface area contributed by atoms with Crippen LogP contribution in [0.15, 0.2) is 59.2 Å². The lowest BCUT2D eigenvalue weighted by Gasteiger charge is -2.02. The van der Waals surface area contributed by atoms with E-state index >= 15 is 0 Å². The quantitative estimate of drug-likeness (QED) is 0.600. The summed E-state index contributed by atoms with van der Waals surface area (Å²) in [7, 11) is 0. The molecule has 0 unspecified atom stereocenters. The molecule has 24 heavy (non-hydrogen) atoms. The second-order valence-electron chi connectivity index (χ2n) is 5.69. The van der Waals surface area contributed by atoms with Crippen LogP contribution in [0.3, 0.4) is 0 Å². The van der Waals surface area contributed by atoms with Crippen LogP contribution in [0.5, 0.6) is 0 Å². The Bertz CT molecular complexity index is 807. The van der Waals surface area contributed by atoms with Crippen LogP contribution in [-0.2, 0) is 16.0 Å². The summed E-state index contributed by atoms with van der Waals surface area (Å²) < 4.78 is 18.5. The molecule has 0 N–H and O–H groups in total. The lowest BCUT2D eigenvalue weighted by atomic mass is 10.1. The summed E-state index contributed by atoms with van der Waals surface area (Å²) in [6, 6.07) is 13.8. The maximum Gasteiger partial charge on any atom is 0.363 e. The Hall–Kier alpha value is -2.75. The average Bonchev–Trinajstić information content (AvgIpc) is 2.94. The molecule has 1 aliphatic rings. The van der Waals surface area contributed by atoms with Crippen LogP contribution in [0.2, 0.25) is 0 Å². The third kappa shape index (κ3) is 3.77. The zero-order valence-corrected chi connectivity index (χ0v) is 13.5. The van der Waals surface area contributed by atoms with Gasteiger partial charge in [0, 0.05) is 5.56 Å². The van der Waals surface area contributed by atoms with Gasteiger partial charge >= 0.3 is 5.97 Å². The Labute approximate surface area is 140 Å². The van der Waals surface area contributed by atoms with Crippen LogP contribution < -0.4 is 0 Å². The number of rotatable bonds is 5. The highest BCUT2D eigenvalue weighted by molar-refractivity contribution is 6.12. The fourth-order valence-electron chi connectivity index (χ4n) is 2.48. The van der Waals surface area contributed by atoms with Crippen LogP contribution in [0.1, 0.15) is 36.5 Å². The number of hydrogen-bond donors (Lipinski definition) is 0. The number of carbonyl (C=O) groups is 1. The summed E-state index contributed by atoms with van der Waals surface area (Å²) in [6.45, 7) is 2.16. The fourth-order valence-corrected chi connectivity index (χ4v) is 2.48. The van der Waals surface area contributed by atoms with E-state index < -0.39 is 5.97 Å². The molecule has 0 amide bonds. The first-order valence-corrected chi connectivity index (χ1v) is 8.03. The molecular weight excluding hydrogens is 305 g/mol. The monoisotopic (exact) mass is 323 g/mol. The average molecular weight is 323 g/mol. The first-order chi connectivity index (χ1) is 11.7. The molecule has 0 radical (unpaired) electrons. The smallest absolute Gasteiger partial charge is 0.363 e. The third-order valence-electron chi connectivity index (χ3n) is 3.79. The molecule has 0 saturated heterocycles. The summed E-state index contributed by atoms with van der Waals surface area (Å²) in [5.41, 5.74) is 2.75. The molecule has 0 saturated carbocycles. The molecule has 122 valence electrons. The van der Waals surface area contributed by atoms with Crippen LogP contribution >= 0.6 is 0 Å². The van der Waals surface area contributed by atoms with Gasteiger partial charge in [0.15, 0.2) is 5.70 Å². The molecule has 0 atom stereocenters. The molecule has 3 nitrogen and oxygen atoms in total. The maximum absolute atomic E-state index is 13.2. The number of benzene rings is 2. The molecular formula is C20H18FNO2. The number of halogens is 1. The lowest BCUT2D eigenvalue weighted by Crippen LogP contribution is -2.05. The van der Waals surface area contributed by atoms with Crippen molar-refractivity contribution >= 4 is 17.9 Å². The molecule has 0 bridgehead atoms. The van der Waals surface area contributed by atoms with E-state index in [0.717, 1.165) is 24.8 Å². The second kappa shape index (κ2) is 7.21. The number of hydrogen-bond acceptors (Lipinski definition) is 3. The van der Waals surface area contributed by atoms with E-state index in [-0.39, 0.29) is 17.4 Å². The van der Waals surface area contributed by atoms with Crippen molar-refractivity contribution in [3.63, 3.8) is 0 Å². The number of cyclic esters (lactones) is 1. The molecule has 0 aromatic heterocycles. The van der Waals surface area contributed by atoms with Crippen LogP contribution in [0.25, 0.3) is 6.08 Å². The molecule has 4 heteroatoms. The Morgan fingerprint density at radius 3 is 2.67 bits per heavy atom. The van der Waals surface area contributed by atoms with Crippen molar-refractivity contribution in [2.75, 3.05) is 0 Å². The van der Waals surface area contributed by atoms with Gasteiger partial charge in [-0.25, -0.2) is 14.2 Å². The Morgan fingerprint density at radius 1 is 1.17 bits per heavy atom. The van der Waals surface area contributed by atoms with Gasteiger partial charge in [-0.3, -0.25) is 0 Å². The van der Waals surface area contributed by atoms with Crippen molar-refractivity contribution in [3.05, 3.63) is 76.7 Å². The highest BCUT2D eigenvalue weighted by Gasteiger charge is 2.24. The molecule has 1 aliphatic heterocycles. The normalized spacial score (nSPS) is 15.5. The second-order valence-corrected chi connectivity index (χ2v) is 5.69. The topological polar surface area (TPSA) is 38.7 Å². The summed E-state index contributed by atoms with van der Waals surface area (Å²) in [5, 5.41) is 0. The van der Waals surface area contributed by atoms with E-state index in [9.17, 15) is 9.18 Å². The molecule has 2 aromatic carbocycles. The summed E-state index contributed by atoms with van der Waals surface area (Å²) in [6.07, 6.45) is 4.86. The largest absolute Gasteiger partial charge is 0.402 e. The van der Waals surface area contributed by atoms with Crippen molar-refractivity contribution in [2.24, 2.45) is 4.99 Å². The van der Waals surface area contributed by atoms with Crippen LogP contribution in [0, 0.1) is 5.82 Å². The van der Waals surface area contributed by atoms with Crippen molar-refractivity contribution in [3.8, 4) is 0 Å². The van der Waals surface area contributed by atoms with E-state index in [1.807, 2.05) is 24.3 Å². The van der Waals surface area contributed by atoms with E-state index in [4.69, 9.17) is 4.74 Å². The maximum atomic E-state index is 13.2. The minimum atomic E-state index is -0.524. The van der Waals surface area contributed by atoms with Crippen molar-refractivity contribution in [1.29, 1.82) is 0 Å². The number of ether oxygens (including phenoxy) is 1. The van der Waals surface area contributed by atoms with Crippen LogP contribution in [0.4, 0.5) is 4.39 Å². The molecule has 0 fully saturated rings. The Balaban J connectivity index is 1.81. The third-order valence-corrected chi connectivity index (χ3v) is 3.79. The Kier molecular flexibility index (Phi) is 4.85. The van der Waals surface area contributed by atoms with Gasteiger partial charge in [0.1, 0.15) is 5.82 Å². The van der Waals surface area contributed by atoms with E-state index in [1.54, 1.807) is 12.1 Å². The van der Waals surface area contributed by atoms with Gasteiger partial charge in [0.25, 0.3) is 0 Å². The summed E-state index contributed by atoms with van der Waals surface area (Å²) >= 11 is 0. The standard InChI is InChI=1S/C20H18FNO2/c1-2-3-5-14-8-10-16(11-9-14)19-22-18(20(23)24-19)13-15-6-4-7-17(21)12-15/h4,6-13H,2-3,5H2,1H3/b18-13-. The zero-order chi connectivity index (χ0) is 16.9. The van der Waals surface area contributed by atoms with Crippen molar-refractivity contribution in [2.45, 2.75) is 26.2 Å². The van der Waals surface area contributed by atoms with Gasteiger partial charge < -0.3 is 4.74 Å². The summed E-state index contributed by atoms with van der Waals surface area (Å²) in [4.78, 5) is 16.2. The van der Waals surface area contributed by atoms with Gasteiger partial charge in [0.05, 0.1) is 0 Å². The van der Waals surface area contributed by atoms with E-state index in [0.29, 0.717) is 5.56 Å². The number of carbonyl (C=O) groups excluding carboxylic acids is 1.